The second-order valence-corrected chi connectivity index (χ2v) is 9.33. The van der Waals surface area contributed by atoms with E-state index < -0.39 is 60.7 Å². The van der Waals surface area contributed by atoms with E-state index in [0.29, 0.717) is 10.5 Å². The van der Waals surface area contributed by atoms with Crippen LogP contribution in [0.3, 0.4) is 0 Å². The van der Waals surface area contributed by atoms with Crippen LogP contribution in [-0.4, -0.2) is 56.5 Å². The summed E-state index contributed by atoms with van der Waals surface area (Å²) >= 11 is 0. The molecular formula is C25H18F8N4O3. The first kappa shape index (κ1) is 27.5. The van der Waals surface area contributed by atoms with Gasteiger partial charge in [-0.25, -0.2) is 4.39 Å². The maximum Gasteiger partial charge on any atom is 0.463 e. The summed E-state index contributed by atoms with van der Waals surface area (Å²) in [7, 11) is 0. The average Bonchev–Trinajstić information content (AvgIpc) is 3.53. The van der Waals surface area contributed by atoms with Crippen molar-refractivity contribution in [3.63, 3.8) is 0 Å². The number of aromatic nitrogens is 2. The summed E-state index contributed by atoms with van der Waals surface area (Å²) in [5, 5.41) is 6.78. The van der Waals surface area contributed by atoms with Crippen LogP contribution < -0.4 is 0 Å². The average molecular weight is 574 g/mol. The van der Waals surface area contributed by atoms with Crippen LogP contribution in [0.4, 0.5) is 35.1 Å². The smallest absolute Gasteiger partial charge is 0.415 e. The van der Waals surface area contributed by atoms with Crippen LogP contribution in [0.1, 0.15) is 52.7 Å². The number of alkyl halides is 7. The van der Waals surface area contributed by atoms with Gasteiger partial charge in [-0.2, -0.15) is 30.7 Å². The number of rotatable bonds is 5. The van der Waals surface area contributed by atoms with Crippen LogP contribution in [0.15, 0.2) is 46.9 Å². The summed E-state index contributed by atoms with van der Waals surface area (Å²) < 4.78 is 112. The van der Waals surface area contributed by atoms with Crippen molar-refractivity contribution in [1.29, 1.82) is 0 Å². The van der Waals surface area contributed by atoms with Gasteiger partial charge in [-0.3, -0.25) is 9.59 Å². The fourth-order valence-corrected chi connectivity index (χ4v) is 5.06. The van der Waals surface area contributed by atoms with Crippen molar-refractivity contribution in [2.75, 3.05) is 6.54 Å². The number of nitrogens with zero attached hydrogens (tertiary/aromatic N) is 4. The Labute approximate surface area is 220 Å². The summed E-state index contributed by atoms with van der Waals surface area (Å²) in [5.74, 6) is -10.7. The van der Waals surface area contributed by atoms with Crippen molar-refractivity contribution < 1.29 is 49.1 Å². The molecule has 7 nitrogen and oxygen atoms in total. The molecular weight excluding hydrogens is 556 g/mol. The fraction of sp³-hybridized carbons (Fsp3) is 0.360. The van der Waals surface area contributed by atoms with Crippen molar-refractivity contribution in [3.05, 3.63) is 70.9 Å². The van der Waals surface area contributed by atoms with Gasteiger partial charge in [0.05, 0.1) is 12.1 Å². The summed E-state index contributed by atoms with van der Waals surface area (Å²) in [5.41, 5.74) is 0.751. The third kappa shape index (κ3) is 4.66. The van der Waals surface area contributed by atoms with Crippen molar-refractivity contribution >= 4 is 11.8 Å². The van der Waals surface area contributed by atoms with Crippen LogP contribution in [0, 0.1) is 5.82 Å². The Morgan fingerprint density at radius 1 is 1.02 bits per heavy atom. The standard InChI is InChI=1S/C25H18F8N4O3/c26-15-7-5-12(6-8-15)18-17(2-1-9-36(18)23(39)24(29,30)25(31,32)33)37-11-14-4-3-13(10-16(14)22(37)38)20-34-35-21(40-20)19(27)28/h3-8,10,17-19H,1-2,9,11H2. The highest BCUT2D eigenvalue weighted by Crippen LogP contribution is 2.44. The molecule has 0 spiro atoms. The first-order valence-electron chi connectivity index (χ1n) is 11.9. The van der Waals surface area contributed by atoms with E-state index in [-0.39, 0.29) is 42.0 Å². The van der Waals surface area contributed by atoms with E-state index in [1.54, 1.807) is 0 Å². The molecule has 2 unspecified atom stereocenters. The van der Waals surface area contributed by atoms with Crippen molar-refractivity contribution in [2.24, 2.45) is 0 Å². The highest BCUT2D eigenvalue weighted by atomic mass is 19.4. The Morgan fingerprint density at radius 2 is 1.73 bits per heavy atom. The quantitative estimate of drug-likeness (QED) is 0.366. The Bertz CT molecular complexity index is 1440. The highest BCUT2D eigenvalue weighted by molar-refractivity contribution is 5.99. The zero-order chi connectivity index (χ0) is 29.0. The van der Waals surface area contributed by atoms with E-state index in [1.165, 1.54) is 23.1 Å². The number of piperidine rings is 1. The van der Waals surface area contributed by atoms with E-state index in [4.69, 9.17) is 4.42 Å². The lowest BCUT2D eigenvalue weighted by Crippen LogP contribution is -2.58. The lowest BCUT2D eigenvalue weighted by Gasteiger charge is -2.46. The maximum absolute atomic E-state index is 14.2. The monoisotopic (exact) mass is 574 g/mol. The van der Waals surface area contributed by atoms with Gasteiger partial charge in [0.2, 0.25) is 5.89 Å². The van der Waals surface area contributed by atoms with E-state index in [2.05, 4.69) is 10.2 Å². The van der Waals surface area contributed by atoms with Crippen molar-refractivity contribution in [1.82, 2.24) is 20.0 Å². The van der Waals surface area contributed by atoms with Gasteiger partial charge in [-0.05, 0) is 48.2 Å². The minimum Gasteiger partial charge on any atom is -0.415 e. The van der Waals surface area contributed by atoms with Gasteiger partial charge in [0, 0.05) is 24.2 Å². The van der Waals surface area contributed by atoms with Gasteiger partial charge in [0.1, 0.15) is 5.82 Å². The van der Waals surface area contributed by atoms with Gasteiger partial charge in [-0.1, -0.05) is 18.2 Å². The van der Waals surface area contributed by atoms with E-state index in [0.717, 1.165) is 24.3 Å². The molecule has 3 heterocycles. The van der Waals surface area contributed by atoms with Crippen LogP contribution in [0.25, 0.3) is 11.5 Å². The lowest BCUT2D eigenvalue weighted by atomic mass is 9.88. The molecule has 0 bridgehead atoms. The van der Waals surface area contributed by atoms with Gasteiger partial charge in [0.15, 0.2) is 0 Å². The molecule has 15 heteroatoms. The molecule has 2 aliphatic rings. The molecule has 0 aliphatic carbocycles. The Morgan fingerprint density at radius 3 is 2.35 bits per heavy atom. The van der Waals surface area contributed by atoms with Gasteiger partial charge in [0.25, 0.3) is 11.8 Å². The second kappa shape index (κ2) is 9.86. The van der Waals surface area contributed by atoms with Gasteiger partial charge >= 0.3 is 24.4 Å². The Kier molecular flexibility index (Phi) is 6.78. The zero-order valence-corrected chi connectivity index (χ0v) is 20.1. The molecule has 2 aromatic carbocycles. The number of fused-ring (bicyclic) bond motifs is 1. The molecule has 2 amide bonds. The van der Waals surface area contributed by atoms with Crippen molar-refractivity contribution in [3.8, 4) is 11.5 Å². The van der Waals surface area contributed by atoms with Gasteiger partial charge < -0.3 is 14.2 Å². The zero-order valence-electron chi connectivity index (χ0n) is 20.1. The first-order chi connectivity index (χ1) is 18.8. The second-order valence-electron chi connectivity index (χ2n) is 9.33. The molecule has 3 aromatic rings. The summed E-state index contributed by atoms with van der Waals surface area (Å²) in [6.45, 7) is -0.535. The van der Waals surface area contributed by atoms with Crippen LogP contribution in [-0.2, 0) is 11.3 Å². The number of benzene rings is 2. The Balaban J connectivity index is 1.50. The van der Waals surface area contributed by atoms with Crippen molar-refractivity contribution in [2.45, 2.75) is 50.0 Å². The van der Waals surface area contributed by atoms with Crippen LogP contribution in [0.5, 0.6) is 0 Å². The van der Waals surface area contributed by atoms with Gasteiger partial charge in [-0.15, -0.1) is 10.2 Å². The molecule has 1 saturated heterocycles. The predicted octanol–water partition coefficient (Wildman–Crippen LogP) is 5.70. The summed E-state index contributed by atoms with van der Waals surface area (Å²) in [6, 6.07) is 6.01. The third-order valence-electron chi connectivity index (χ3n) is 6.91. The SMILES string of the molecule is O=C1c2cc(-c3nnc(C(F)F)o3)ccc2CN1C1CCCN(C(=O)C(F)(F)C(F)(F)F)C1c1ccc(F)cc1. The van der Waals surface area contributed by atoms with E-state index in [1.807, 2.05) is 0 Å². The number of halogens is 8. The summed E-state index contributed by atoms with van der Waals surface area (Å²) in [6.07, 6.45) is -9.03. The molecule has 40 heavy (non-hydrogen) atoms. The number of likely N-dealkylation sites (tertiary alicyclic amines) is 1. The summed E-state index contributed by atoms with van der Waals surface area (Å²) in [4.78, 5) is 27.8. The normalized spacial score (nSPS) is 19.9. The maximum atomic E-state index is 14.2. The molecule has 2 aliphatic heterocycles. The molecule has 0 radical (unpaired) electrons. The predicted molar refractivity (Wildman–Crippen MR) is 119 cm³/mol. The van der Waals surface area contributed by atoms with Crippen LogP contribution in [0.2, 0.25) is 0 Å². The molecule has 1 aromatic heterocycles. The van der Waals surface area contributed by atoms with Crippen LogP contribution >= 0.6 is 0 Å². The number of hydrogen-bond donors (Lipinski definition) is 0. The number of hydrogen-bond acceptors (Lipinski definition) is 5. The lowest BCUT2D eigenvalue weighted by molar-refractivity contribution is -0.276. The topological polar surface area (TPSA) is 79.5 Å². The minimum atomic E-state index is -6.15. The fourth-order valence-electron chi connectivity index (χ4n) is 5.06. The molecule has 1 fully saturated rings. The Hall–Kier alpha value is -4.04. The molecule has 212 valence electrons. The molecule has 5 rings (SSSR count). The van der Waals surface area contributed by atoms with E-state index in [9.17, 15) is 44.7 Å². The number of carbonyl (C=O) groups excluding carboxylic acids is 2. The molecule has 2 atom stereocenters. The number of amides is 2. The third-order valence-corrected chi connectivity index (χ3v) is 6.91. The molecule has 0 saturated carbocycles. The number of carbonyl (C=O) groups is 2. The highest BCUT2D eigenvalue weighted by Gasteiger charge is 2.65. The minimum absolute atomic E-state index is 0.00576. The van der Waals surface area contributed by atoms with E-state index >= 15 is 0 Å². The molecule has 0 N–H and O–H groups in total. The largest absolute Gasteiger partial charge is 0.463 e. The first-order valence-corrected chi connectivity index (χ1v) is 11.9.